The number of aromatic nitrogens is 1. The lowest BCUT2D eigenvalue weighted by Crippen LogP contribution is -2.26. The van der Waals surface area contributed by atoms with E-state index in [0.717, 1.165) is 30.8 Å². The molecule has 1 fully saturated rings. The van der Waals surface area contributed by atoms with Crippen LogP contribution in [0, 0.1) is 5.92 Å². The van der Waals surface area contributed by atoms with Gasteiger partial charge in [0.05, 0.1) is 5.52 Å². The number of hydrogen-bond acceptors (Lipinski definition) is 4. The van der Waals surface area contributed by atoms with Crippen LogP contribution in [0.4, 0.5) is 5.69 Å². The zero-order chi connectivity index (χ0) is 13.4. The fraction of sp³-hybridized carbons (Fsp3) is 0.500. The maximum atomic E-state index is 11.5. The molecule has 5 heteroatoms. The number of oxazole rings is 1. The first-order chi connectivity index (χ1) is 9.15. The van der Waals surface area contributed by atoms with Crippen molar-refractivity contribution in [3.05, 3.63) is 28.7 Å². The van der Waals surface area contributed by atoms with Crippen molar-refractivity contribution in [1.82, 2.24) is 9.88 Å². The molecular formula is C14H19N3O2. The molecule has 1 aliphatic heterocycles. The Labute approximate surface area is 111 Å². The van der Waals surface area contributed by atoms with E-state index in [1.807, 2.05) is 18.2 Å². The van der Waals surface area contributed by atoms with Crippen LogP contribution in [0.5, 0.6) is 0 Å². The lowest BCUT2D eigenvalue weighted by molar-refractivity contribution is 0.528. The Morgan fingerprint density at radius 1 is 1.53 bits per heavy atom. The molecule has 19 heavy (non-hydrogen) atoms. The third-order valence-corrected chi connectivity index (χ3v) is 3.91. The molecule has 0 spiro atoms. The van der Waals surface area contributed by atoms with E-state index in [2.05, 4.69) is 17.3 Å². The zero-order valence-corrected chi connectivity index (χ0v) is 11.3. The molecule has 0 aliphatic carbocycles. The van der Waals surface area contributed by atoms with Crippen molar-refractivity contribution < 1.29 is 4.42 Å². The fourth-order valence-electron chi connectivity index (χ4n) is 2.72. The van der Waals surface area contributed by atoms with Crippen LogP contribution < -0.4 is 16.0 Å². The summed E-state index contributed by atoms with van der Waals surface area (Å²) >= 11 is 0. The van der Waals surface area contributed by atoms with Gasteiger partial charge in [-0.1, -0.05) is 0 Å². The van der Waals surface area contributed by atoms with Crippen molar-refractivity contribution in [3.8, 4) is 0 Å². The average molecular weight is 261 g/mol. The largest absolute Gasteiger partial charge is 0.419 e. The van der Waals surface area contributed by atoms with Crippen molar-refractivity contribution >= 4 is 16.8 Å². The molecule has 0 amide bonds. The van der Waals surface area contributed by atoms with Gasteiger partial charge in [-0.25, -0.2) is 4.79 Å². The summed E-state index contributed by atoms with van der Waals surface area (Å²) in [6, 6.07) is 5.89. The maximum Gasteiger partial charge on any atom is 0.419 e. The molecule has 0 saturated carbocycles. The van der Waals surface area contributed by atoms with Crippen LogP contribution in [0.2, 0.25) is 0 Å². The van der Waals surface area contributed by atoms with Crippen LogP contribution in [-0.4, -0.2) is 31.2 Å². The summed E-state index contributed by atoms with van der Waals surface area (Å²) < 4.78 is 6.69. The van der Waals surface area contributed by atoms with Crippen molar-refractivity contribution in [2.45, 2.75) is 6.42 Å². The lowest BCUT2D eigenvalue weighted by Gasteiger charge is -2.22. The van der Waals surface area contributed by atoms with Gasteiger partial charge in [-0.2, -0.15) is 0 Å². The molecule has 1 saturated heterocycles. The zero-order valence-electron chi connectivity index (χ0n) is 11.3. The van der Waals surface area contributed by atoms with Gasteiger partial charge in [0.1, 0.15) is 0 Å². The number of aryl methyl sites for hydroxylation is 1. The standard InChI is InChI=1S/C14H19N3O2/c1-16(9-10-5-6-15-8-10)11-3-4-13-12(7-11)17(2)14(18)19-13/h3-4,7,10,15H,5-6,8-9H2,1-2H3. The molecular weight excluding hydrogens is 242 g/mol. The van der Waals surface area contributed by atoms with Crippen molar-refractivity contribution in [1.29, 1.82) is 0 Å². The van der Waals surface area contributed by atoms with Gasteiger partial charge in [-0.15, -0.1) is 0 Å². The average Bonchev–Trinajstić information content (AvgIpc) is 2.99. The molecule has 3 rings (SSSR count). The minimum atomic E-state index is -0.310. The van der Waals surface area contributed by atoms with Crippen molar-refractivity contribution in [3.63, 3.8) is 0 Å². The predicted octanol–water partition coefficient (Wildman–Crippen LogP) is 1.18. The minimum Gasteiger partial charge on any atom is -0.408 e. The van der Waals surface area contributed by atoms with Gasteiger partial charge in [0.2, 0.25) is 0 Å². The first-order valence-corrected chi connectivity index (χ1v) is 6.66. The maximum absolute atomic E-state index is 11.5. The SMILES string of the molecule is CN(CC1CCNC1)c1ccc2oc(=O)n(C)c2c1. The van der Waals surface area contributed by atoms with Crippen LogP contribution in [0.25, 0.3) is 11.1 Å². The third-order valence-electron chi connectivity index (χ3n) is 3.91. The second kappa shape index (κ2) is 4.74. The van der Waals surface area contributed by atoms with Gasteiger partial charge in [0.15, 0.2) is 5.58 Å². The molecule has 2 heterocycles. The van der Waals surface area contributed by atoms with Gasteiger partial charge < -0.3 is 14.6 Å². The number of benzene rings is 1. The quantitative estimate of drug-likeness (QED) is 0.901. The van der Waals surface area contributed by atoms with E-state index >= 15 is 0 Å². The van der Waals surface area contributed by atoms with Gasteiger partial charge in [-0.3, -0.25) is 4.57 Å². The van der Waals surface area contributed by atoms with Gasteiger partial charge in [0.25, 0.3) is 0 Å². The molecule has 1 N–H and O–H groups in total. The summed E-state index contributed by atoms with van der Waals surface area (Å²) in [5.41, 5.74) is 2.61. The van der Waals surface area contributed by atoms with E-state index in [9.17, 15) is 4.79 Å². The lowest BCUT2D eigenvalue weighted by atomic mass is 10.1. The highest BCUT2D eigenvalue weighted by Gasteiger charge is 2.17. The second-order valence-corrected chi connectivity index (χ2v) is 5.32. The Kier molecular flexibility index (Phi) is 3.06. The summed E-state index contributed by atoms with van der Waals surface area (Å²) in [5, 5.41) is 3.38. The number of rotatable bonds is 3. The fourth-order valence-corrected chi connectivity index (χ4v) is 2.72. The van der Waals surface area contributed by atoms with Gasteiger partial charge in [0, 0.05) is 26.3 Å². The summed E-state index contributed by atoms with van der Waals surface area (Å²) in [6.07, 6.45) is 1.23. The third kappa shape index (κ3) is 2.26. The summed E-state index contributed by atoms with van der Waals surface area (Å²) in [7, 11) is 3.83. The topological polar surface area (TPSA) is 50.4 Å². The van der Waals surface area contributed by atoms with E-state index in [1.54, 1.807) is 11.6 Å². The molecule has 1 aromatic carbocycles. The smallest absolute Gasteiger partial charge is 0.408 e. The van der Waals surface area contributed by atoms with Crippen LogP contribution >= 0.6 is 0 Å². The normalized spacial score (nSPS) is 19.2. The molecule has 0 bridgehead atoms. The molecule has 1 unspecified atom stereocenters. The van der Waals surface area contributed by atoms with Crippen LogP contribution in [0.3, 0.4) is 0 Å². The van der Waals surface area contributed by atoms with E-state index in [1.165, 1.54) is 6.42 Å². The molecule has 1 aromatic heterocycles. The summed E-state index contributed by atoms with van der Waals surface area (Å²) in [5.74, 6) is 0.392. The number of anilines is 1. The Hall–Kier alpha value is -1.75. The highest BCUT2D eigenvalue weighted by atomic mass is 16.4. The highest BCUT2D eigenvalue weighted by molar-refractivity contribution is 5.77. The molecule has 2 aromatic rings. The molecule has 1 atom stereocenters. The molecule has 1 aliphatic rings. The second-order valence-electron chi connectivity index (χ2n) is 5.32. The monoisotopic (exact) mass is 261 g/mol. The van der Waals surface area contributed by atoms with Gasteiger partial charge in [-0.05, 0) is 43.6 Å². The van der Waals surface area contributed by atoms with E-state index in [-0.39, 0.29) is 5.76 Å². The van der Waals surface area contributed by atoms with Crippen molar-refractivity contribution in [2.24, 2.45) is 13.0 Å². The first-order valence-electron chi connectivity index (χ1n) is 6.66. The Morgan fingerprint density at radius 2 is 2.37 bits per heavy atom. The molecule has 0 radical (unpaired) electrons. The molecule has 5 nitrogen and oxygen atoms in total. The summed E-state index contributed by atoms with van der Waals surface area (Å²) in [6.45, 7) is 3.24. The van der Waals surface area contributed by atoms with Crippen LogP contribution in [-0.2, 0) is 7.05 Å². The number of nitrogens with zero attached hydrogens (tertiary/aromatic N) is 2. The van der Waals surface area contributed by atoms with Crippen LogP contribution in [0.15, 0.2) is 27.4 Å². The van der Waals surface area contributed by atoms with E-state index in [4.69, 9.17) is 4.42 Å². The minimum absolute atomic E-state index is 0.310. The predicted molar refractivity (Wildman–Crippen MR) is 75.7 cm³/mol. The van der Waals surface area contributed by atoms with E-state index in [0.29, 0.717) is 11.5 Å². The number of nitrogens with one attached hydrogen (secondary N) is 1. The Balaban J connectivity index is 1.87. The van der Waals surface area contributed by atoms with Gasteiger partial charge >= 0.3 is 5.76 Å². The van der Waals surface area contributed by atoms with Crippen molar-refractivity contribution in [2.75, 3.05) is 31.6 Å². The summed E-state index contributed by atoms with van der Waals surface area (Å²) in [4.78, 5) is 13.7. The first kappa shape index (κ1) is 12.3. The molecule has 102 valence electrons. The number of fused-ring (bicyclic) bond motifs is 1. The Morgan fingerprint density at radius 3 is 3.11 bits per heavy atom. The van der Waals surface area contributed by atoms with Crippen LogP contribution in [0.1, 0.15) is 6.42 Å². The Bertz CT molecular complexity index is 638. The highest BCUT2D eigenvalue weighted by Crippen LogP contribution is 2.22. The number of hydrogen-bond donors (Lipinski definition) is 1. The van der Waals surface area contributed by atoms with E-state index < -0.39 is 0 Å².